The maximum Gasteiger partial charge on any atom is 0.308 e. The number of aryl methyl sites for hydroxylation is 1. The minimum absolute atomic E-state index is 0.0417. The van der Waals surface area contributed by atoms with Gasteiger partial charge in [0.15, 0.2) is 0 Å². The second-order valence-electron chi connectivity index (χ2n) is 4.37. The van der Waals surface area contributed by atoms with E-state index in [1.54, 1.807) is 26.4 Å². The van der Waals surface area contributed by atoms with E-state index in [2.05, 4.69) is 4.98 Å². The molecule has 0 radical (unpaired) electrons. The zero-order valence-corrected chi connectivity index (χ0v) is 10.7. The molecule has 5 nitrogen and oxygen atoms in total. The lowest BCUT2D eigenvalue weighted by Crippen LogP contribution is -2.33. The summed E-state index contributed by atoms with van der Waals surface area (Å²) < 4.78 is 0. The Hall–Kier alpha value is -1.91. The molecule has 0 bridgehead atoms. The van der Waals surface area contributed by atoms with Gasteiger partial charge in [0.1, 0.15) is 0 Å². The number of carbonyl (C=O) groups is 2. The second-order valence-corrected chi connectivity index (χ2v) is 4.37. The van der Waals surface area contributed by atoms with Crippen LogP contribution < -0.4 is 0 Å². The summed E-state index contributed by atoms with van der Waals surface area (Å²) in [6.45, 7) is 1.83. The van der Waals surface area contributed by atoms with Crippen molar-refractivity contribution in [3.8, 4) is 0 Å². The number of carboxylic acid groups (broad SMARTS) is 1. The van der Waals surface area contributed by atoms with Crippen LogP contribution >= 0.6 is 0 Å². The molecule has 5 heteroatoms. The molecule has 1 aromatic heterocycles. The van der Waals surface area contributed by atoms with Gasteiger partial charge in [-0.05, 0) is 24.1 Å². The lowest BCUT2D eigenvalue weighted by atomic mass is 10.1. The molecule has 0 saturated carbocycles. The van der Waals surface area contributed by atoms with Gasteiger partial charge in [0.2, 0.25) is 5.91 Å². The van der Waals surface area contributed by atoms with Crippen LogP contribution in [0, 0.1) is 5.92 Å². The molecule has 0 saturated heterocycles. The molecule has 0 aromatic carbocycles. The van der Waals surface area contributed by atoms with Crippen LogP contribution in [0.4, 0.5) is 0 Å². The molecule has 0 spiro atoms. The Labute approximate surface area is 106 Å². The fraction of sp³-hybridized carbons (Fsp3) is 0.462. The van der Waals surface area contributed by atoms with Gasteiger partial charge in [0.05, 0.1) is 5.92 Å². The first-order valence-corrected chi connectivity index (χ1v) is 5.86. The highest BCUT2D eigenvalue weighted by atomic mass is 16.4. The summed E-state index contributed by atoms with van der Waals surface area (Å²) in [5.74, 6) is -1.47. The van der Waals surface area contributed by atoms with Crippen LogP contribution in [-0.2, 0) is 16.0 Å². The lowest BCUT2D eigenvalue weighted by Gasteiger charge is -2.19. The van der Waals surface area contributed by atoms with Gasteiger partial charge >= 0.3 is 5.97 Å². The molecule has 0 aliphatic heterocycles. The van der Waals surface area contributed by atoms with Gasteiger partial charge in [-0.1, -0.05) is 6.92 Å². The van der Waals surface area contributed by atoms with E-state index >= 15 is 0 Å². The molecule has 0 fully saturated rings. The molecular weight excluding hydrogens is 232 g/mol. The number of rotatable bonds is 6. The van der Waals surface area contributed by atoms with E-state index in [9.17, 15) is 9.59 Å². The van der Waals surface area contributed by atoms with E-state index in [1.165, 1.54) is 4.90 Å². The van der Waals surface area contributed by atoms with Gasteiger partial charge in [-0.15, -0.1) is 0 Å². The van der Waals surface area contributed by atoms with Crippen LogP contribution in [0.2, 0.25) is 0 Å². The summed E-state index contributed by atoms with van der Waals surface area (Å²) in [7, 11) is 1.63. The molecule has 0 aliphatic rings. The van der Waals surface area contributed by atoms with Crippen LogP contribution in [0.1, 0.15) is 18.9 Å². The van der Waals surface area contributed by atoms with Crippen LogP contribution in [0.5, 0.6) is 0 Å². The summed E-state index contributed by atoms with van der Waals surface area (Å²) in [6.07, 6.45) is 4.41. The first kappa shape index (κ1) is 14.2. The minimum Gasteiger partial charge on any atom is -0.481 e. The molecule has 18 heavy (non-hydrogen) atoms. The number of hydrogen-bond donors (Lipinski definition) is 1. The highest BCUT2D eigenvalue weighted by Crippen LogP contribution is 2.05. The topological polar surface area (TPSA) is 70.5 Å². The van der Waals surface area contributed by atoms with Gasteiger partial charge in [-0.2, -0.15) is 0 Å². The number of carbonyl (C=O) groups excluding carboxylic acids is 1. The molecule has 1 unspecified atom stereocenters. The van der Waals surface area contributed by atoms with Crippen molar-refractivity contribution >= 4 is 11.9 Å². The maximum absolute atomic E-state index is 11.8. The van der Waals surface area contributed by atoms with E-state index in [0.717, 1.165) is 5.56 Å². The number of aliphatic carboxylic acids is 1. The van der Waals surface area contributed by atoms with Crippen LogP contribution in [-0.4, -0.2) is 40.5 Å². The Balaban J connectivity index is 2.39. The van der Waals surface area contributed by atoms with E-state index in [1.807, 2.05) is 12.1 Å². The average molecular weight is 250 g/mol. The summed E-state index contributed by atoms with van der Waals surface area (Å²) in [5, 5.41) is 8.78. The van der Waals surface area contributed by atoms with Gasteiger partial charge in [0.25, 0.3) is 0 Å². The van der Waals surface area contributed by atoms with E-state index in [0.29, 0.717) is 12.8 Å². The summed E-state index contributed by atoms with van der Waals surface area (Å²) in [5.41, 5.74) is 1.05. The molecule has 1 atom stereocenters. The average Bonchev–Trinajstić information content (AvgIpc) is 2.36. The third-order valence-corrected chi connectivity index (χ3v) is 2.77. The predicted molar refractivity (Wildman–Crippen MR) is 67.0 cm³/mol. The van der Waals surface area contributed by atoms with Gasteiger partial charge in [-0.3, -0.25) is 14.6 Å². The third-order valence-electron chi connectivity index (χ3n) is 2.77. The molecule has 0 aliphatic carbocycles. The Morgan fingerprint density at radius 1 is 1.39 bits per heavy atom. The molecule has 1 N–H and O–H groups in total. The lowest BCUT2D eigenvalue weighted by molar-refractivity contribution is -0.142. The van der Waals surface area contributed by atoms with Crippen molar-refractivity contribution < 1.29 is 14.7 Å². The largest absolute Gasteiger partial charge is 0.481 e. The number of carboxylic acids is 1. The quantitative estimate of drug-likeness (QED) is 0.823. The number of nitrogens with zero attached hydrogens (tertiary/aromatic N) is 2. The van der Waals surface area contributed by atoms with Crippen LogP contribution in [0.15, 0.2) is 24.5 Å². The highest BCUT2D eigenvalue weighted by molar-refractivity contribution is 5.77. The van der Waals surface area contributed by atoms with E-state index < -0.39 is 11.9 Å². The fourth-order valence-electron chi connectivity index (χ4n) is 1.58. The predicted octanol–water partition coefficient (Wildman–Crippen LogP) is 1.19. The standard InChI is InChI=1S/C13H18N2O3/c1-10(13(17)18)9-15(2)12(16)4-3-11-5-7-14-8-6-11/h5-8,10H,3-4,9H2,1-2H3,(H,17,18). The van der Waals surface area contributed by atoms with Gasteiger partial charge in [-0.25, -0.2) is 0 Å². The molecule has 1 rings (SSSR count). The first-order chi connectivity index (χ1) is 8.50. The second kappa shape index (κ2) is 6.74. The first-order valence-electron chi connectivity index (χ1n) is 5.86. The minimum atomic E-state index is -0.885. The Morgan fingerprint density at radius 2 is 2.00 bits per heavy atom. The fourth-order valence-corrected chi connectivity index (χ4v) is 1.58. The molecule has 1 heterocycles. The zero-order valence-electron chi connectivity index (χ0n) is 10.7. The van der Waals surface area contributed by atoms with Crippen molar-refractivity contribution in [2.45, 2.75) is 19.8 Å². The van der Waals surface area contributed by atoms with Crippen molar-refractivity contribution in [3.05, 3.63) is 30.1 Å². The number of amides is 1. The number of aromatic nitrogens is 1. The highest BCUT2D eigenvalue weighted by Gasteiger charge is 2.16. The van der Waals surface area contributed by atoms with Gasteiger partial charge in [0, 0.05) is 32.4 Å². The van der Waals surface area contributed by atoms with E-state index in [-0.39, 0.29) is 12.5 Å². The molecular formula is C13H18N2O3. The van der Waals surface area contributed by atoms with Gasteiger partial charge < -0.3 is 10.0 Å². The van der Waals surface area contributed by atoms with Crippen molar-refractivity contribution in [1.82, 2.24) is 9.88 Å². The summed E-state index contributed by atoms with van der Waals surface area (Å²) in [6, 6.07) is 3.74. The Morgan fingerprint density at radius 3 is 2.56 bits per heavy atom. The van der Waals surface area contributed by atoms with Crippen molar-refractivity contribution in [1.29, 1.82) is 0 Å². The van der Waals surface area contributed by atoms with E-state index in [4.69, 9.17) is 5.11 Å². The molecule has 1 aromatic rings. The van der Waals surface area contributed by atoms with Crippen LogP contribution in [0.25, 0.3) is 0 Å². The van der Waals surface area contributed by atoms with Crippen molar-refractivity contribution in [2.75, 3.05) is 13.6 Å². The maximum atomic E-state index is 11.8. The SMILES string of the molecule is CC(CN(C)C(=O)CCc1ccncc1)C(=O)O. The summed E-state index contributed by atoms with van der Waals surface area (Å²) in [4.78, 5) is 27.9. The number of hydrogen-bond acceptors (Lipinski definition) is 3. The third kappa shape index (κ3) is 4.53. The summed E-state index contributed by atoms with van der Waals surface area (Å²) >= 11 is 0. The monoisotopic (exact) mass is 250 g/mol. The molecule has 98 valence electrons. The number of pyridine rings is 1. The van der Waals surface area contributed by atoms with Crippen molar-refractivity contribution in [2.24, 2.45) is 5.92 Å². The Kier molecular flexibility index (Phi) is 5.30. The smallest absolute Gasteiger partial charge is 0.308 e. The zero-order chi connectivity index (χ0) is 13.5. The van der Waals surface area contributed by atoms with Crippen LogP contribution in [0.3, 0.4) is 0 Å². The molecule has 1 amide bonds. The van der Waals surface area contributed by atoms with Crippen molar-refractivity contribution in [3.63, 3.8) is 0 Å². The Bertz CT molecular complexity index is 406. The normalized spacial score (nSPS) is 11.9.